The Morgan fingerprint density at radius 1 is 0.810 bits per heavy atom. The van der Waals surface area contributed by atoms with Crippen molar-refractivity contribution in [2.45, 2.75) is 70.6 Å². The van der Waals surface area contributed by atoms with E-state index in [1.54, 1.807) is 0 Å². The molecular formula is C20H31N. The van der Waals surface area contributed by atoms with E-state index >= 15 is 0 Å². The van der Waals surface area contributed by atoms with Crippen LogP contribution in [-0.4, -0.2) is 0 Å². The van der Waals surface area contributed by atoms with Crippen LogP contribution in [0, 0.1) is 17.8 Å². The van der Waals surface area contributed by atoms with E-state index in [0.717, 1.165) is 29.4 Å². The Morgan fingerprint density at radius 2 is 1.33 bits per heavy atom. The fraction of sp³-hybridized carbons (Fsp3) is 0.700. The number of rotatable bonds is 3. The second kappa shape index (κ2) is 6.85. The van der Waals surface area contributed by atoms with Crippen LogP contribution in [0.4, 0.5) is 5.69 Å². The van der Waals surface area contributed by atoms with Crippen LogP contribution in [-0.2, 0) is 0 Å². The molecule has 0 saturated heterocycles. The first-order chi connectivity index (χ1) is 10.3. The van der Waals surface area contributed by atoms with Crippen LogP contribution in [0.1, 0.15) is 76.2 Å². The van der Waals surface area contributed by atoms with Crippen molar-refractivity contribution in [2.75, 3.05) is 5.73 Å². The molecule has 0 bridgehead atoms. The molecule has 0 heterocycles. The van der Waals surface area contributed by atoms with Gasteiger partial charge in [-0.05, 0) is 79.9 Å². The molecular weight excluding hydrogens is 254 g/mol. The predicted molar refractivity (Wildman–Crippen MR) is 91.3 cm³/mol. The second-order valence-electron chi connectivity index (χ2n) is 7.47. The molecule has 2 N–H and O–H groups in total. The van der Waals surface area contributed by atoms with Crippen molar-refractivity contribution in [3.8, 4) is 0 Å². The van der Waals surface area contributed by atoms with Crippen LogP contribution < -0.4 is 5.73 Å². The van der Waals surface area contributed by atoms with E-state index < -0.39 is 0 Å². The van der Waals surface area contributed by atoms with Gasteiger partial charge in [-0.25, -0.2) is 0 Å². The zero-order chi connectivity index (χ0) is 14.7. The van der Waals surface area contributed by atoms with Gasteiger partial charge in [-0.3, -0.25) is 0 Å². The van der Waals surface area contributed by atoms with Crippen LogP contribution in [0.3, 0.4) is 0 Å². The topological polar surface area (TPSA) is 26.0 Å². The minimum Gasteiger partial charge on any atom is -0.399 e. The molecule has 0 aliphatic heterocycles. The average molecular weight is 285 g/mol. The summed E-state index contributed by atoms with van der Waals surface area (Å²) in [5, 5.41) is 0. The molecule has 2 fully saturated rings. The van der Waals surface area contributed by atoms with E-state index in [9.17, 15) is 0 Å². The van der Waals surface area contributed by atoms with Crippen molar-refractivity contribution in [2.24, 2.45) is 17.8 Å². The van der Waals surface area contributed by atoms with Crippen LogP contribution >= 0.6 is 0 Å². The Bertz CT molecular complexity index is 420. The van der Waals surface area contributed by atoms with Gasteiger partial charge < -0.3 is 5.73 Å². The maximum atomic E-state index is 5.80. The molecule has 21 heavy (non-hydrogen) atoms. The number of nitrogen functional groups attached to an aromatic ring is 1. The molecule has 116 valence electrons. The summed E-state index contributed by atoms with van der Waals surface area (Å²) in [6.07, 6.45) is 13.1. The molecule has 2 aliphatic carbocycles. The highest BCUT2D eigenvalue weighted by Gasteiger charge is 2.30. The number of hydrogen-bond acceptors (Lipinski definition) is 1. The van der Waals surface area contributed by atoms with Crippen molar-refractivity contribution in [1.82, 2.24) is 0 Å². The summed E-state index contributed by atoms with van der Waals surface area (Å²) in [4.78, 5) is 0. The van der Waals surface area contributed by atoms with Crippen molar-refractivity contribution in [1.29, 1.82) is 0 Å². The van der Waals surface area contributed by atoms with Crippen LogP contribution in [0.25, 0.3) is 0 Å². The number of benzene rings is 1. The Labute approximate surface area is 130 Å². The zero-order valence-electron chi connectivity index (χ0n) is 13.6. The molecule has 2 aliphatic rings. The lowest BCUT2D eigenvalue weighted by atomic mass is 9.68. The number of anilines is 1. The largest absolute Gasteiger partial charge is 0.399 e. The Hall–Kier alpha value is -0.980. The van der Waals surface area contributed by atoms with Crippen molar-refractivity contribution in [3.63, 3.8) is 0 Å². The van der Waals surface area contributed by atoms with E-state index in [1.807, 2.05) is 0 Å². The van der Waals surface area contributed by atoms with E-state index in [4.69, 9.17) is 5.73 Å². The summed E-state index contributed by atoms with van der Waals surface area (Å²) < 4.78 is 0. The maximum Gasteiger partial charge on any atom is 0.0314 e. The first-order valence-corrected chi connectivity index (χ1v) is 9.11. The van der Waals surface area contributed by atoms with Crippen molar-refractivity contribution >= 4 is 5.69 Å². The molecule has 0 amide bonds. The maximum absolute atomic E-state index is 5.80. The van der Waals surface area contributed by atoms with Gasteiger partial charge in [0, 0.05) is 5.69 Å². The summed E-state index contributed by atoms with van der Waals surface area (Å²) in [6.45, 7) is 2.36. The summed E-state index contributed by atoms with van der Waals surface area (Å²) in [7, 11) is 0. The van der Waals surface area contributed by atoms with E-state index in [1.165, 1.54) is 63.4 Å². The van der Waals surface area contributed by atoms with Gasteiger partial charge in [0.15, 0.2) is 0 Å². The molecule has 1 aromatic carbocycles. The Morgan fingerprint density at radius 3 is 1.86 bits per heavy atom. The molecule has 2 saturated carbocycles. The molecule has 1 nitrogen and oxygen atoms in total. The summed E-state index contributed by atoms with van der Waals surface area (Å²) >= 11 is 0. The van der Waals surface area contributed by atoms with Crippen molar-refractivity contribution < 1.29 is 0 Å². The van der Waals surface area contributed by atoms with Crippen LogP contribution in [0.5, 0.6) is 0 Å². The van der Waals surface area contributed by atoms with Gasteiger partial charge in [-0.1, -0.05) is 38.3 Å². The van der Waals surface area contributed by atoms with Gasteiger partial charge in [0.25, 0.3) is 0 Å². The first-order valence-electron chi connectivity index (χ1n) is 9.11. The summed E-state index contributed by atoms with van der Waals surface area (Å²) in [5.74, 6) is 3.88. The Kier molecular flexibility index (Phi) is 4.87. The second-order valence-corrected chi connectivity index (χ2v) is 7.47. The molecule has 0 radical (unpaired) electrons. The van der Waals surface area contributed by atoms with Crippen LogP contribution in [0.2, 0.25) is 0 Å². The summed E-state index contributed by atoms with van der Waals surface area (Å²) in [6, 6.07) is 8.61. The molecule has 3 rings (SSSR count). The highest BCUT2D eigenvalue weighted by Crippen LogP contribution is 2.44. The van der Waals surface area contributed by atoms with Gasteiger partial charge in [0.05, 0.1) is 0 Å². The number of nitrogens with two attached hydrogens (primary N) is 1. The highest BCUT2D eigenvalue weighted by atomic mass is 14.5. The van der Waals surface area contributed by atoms with Crippen LogP contribution in [0.15, 0.2) is 24.3 Å². The van der Waals surface area contributed by atoms with Gasteiger partial charge in [-0.15, -0.1) is 0 Å². The van der Waals surface area contributed by atoms with E-state index in [2.05, 4.69) is 31.2 Å². The van der Waals surface area contributed by atoms with Gasteiger partial charge in [-0.2, -0.15) is 0 Å². The quantitative estimate of drug-likeness (QED) is 0.702. The SMILES string of the molecule is CC[C@H]1CC[C@H](C2CCC(c3ccc(N)cc3)CC2)CC1. The number of hydrogen-bond donors (Lipinski definition) is 1. The molecule has 1 heteroatoms. The third-order valence-electron chi connectivity index (χ3n) is 6.32. The molecule has 0 unspecified atom stereocenters. The predicted octanol–water partition coefficient (Wildman–Crippen LogP) is 5.76. The normalized spacial score (nSPS) is 33.8. The monoisotopic (exact) mass is 285 g/mol. The highest BCUT2D eigenvalue weighted by molar-refractivity contribution is 5.40. The fourth-order valence-electron chi connectivity index (χ4n) is 4.76. The minimum absolute atomic E-state index is 0.786. The third kappa shape index (κ3) is 3.62. The molecule has 0 aromatic heterocycles. The molecule has 0 atom stereocenters. The van der Waals surface area contributed by atoms with E-state index in [0.29, 0.717) is 0 Å². The Balaban J connectivity index is 1.50. The smallest absolute Gasteiger partial charge is 0.0314 e. The lowest BCUT2D eigenvalue weighted by Crippen LogP contribution is -2.25. The zero-order valence-corrected chi connectivity index (χ0v) is 13.6. The fourth-order valence-corrected chi connectivity index (χ4v) is 4.76. The lowest BCUT2D eigenvalue weighted by molar-refractivity contribution is 0.158. The van der Waals surface area contributed by atoms with Crippen molar-refractivity contribution in [3.05, 3.63) is 29.8 Å². The van der Waals surface area contributed by atoms with Gasteiger partial charge >= 0.3 is 0 Å². The standard InChI is InChI=1S/C20H31N/c1-2-15-3-5-16(6-4-15)17-7-9-18(10-8-17)19-11-13-20(21)14-12-19/h11-18H,2-10,21H2,1H3/t15-,16-,17?,18?. The average Bonchev–Trinajstić information content (AvgIpc) is 2.56. The lowest BCUT2D eigenvalue weighted by Gasteiger charge is -2.38. The summed E-state index contributed by atoms with van der Waals surface area (Å²) in [5.41, 5.74) is 8.20. The first kappa shape index (κ1) is 14.9. The minimum atomic E-state index is 0.786. The van der Waals surface area contributed by atoms with E-state index in [-0.39, 0.29) is 0 Å². The van der Waals surface area contributed by atoms with Gasteiger partial charge in [0.1, 0.15) is 0 Å². The molecule has 0 spiro atoms. The molecule has 1 aromatic rings. The third-order valence-corrected chi connectivity index (χ3v) is 6.32. The van der Waals surface area contributed by atoms with Gasteiger partial charge in [0.2, 0.25) is 0 Å².